The van der Waals surface area contributed by atoms with E-state index in [0.717, 1.165) is 52.9 Å². The number of H-pyrrole nitrogens is 1. The van der Waals surface area contributed by atoms with Gasteiger partial charge in [-0.2, -0.15) is 0 Å². The van der Waals surface area contributed by atoms with E-state index < -0.39 is 45.9 Å². The van der Waals surface area contributed by atoms with Gasteiger partial charge in [0, 0.05) is 90.9 Å². The van der Waals surface area contributed by atoms with Crippen molar-refractivity contribution in [3.63, 3.8) is 0 Å². The number of aliphatic hydroxyl groups is 1. The van der Waals surface area contributed by atoms with Crippen LogP contribution < -0.4 is 9.64 Å². The summed E-state index contributed by atoms with van der Waals surface area (Å²) in [5.41, 5.74) is 1.05. The Bertz CT molecular complexity index is 2250. The number of aromatic amines is 1. The molecule has 12 nitrogen and oxygen atoms in total. The SMILES string of the molecule is CCC1=CC2C[N@](C1)Cc1c([nH]c3ccccc13)[C@@](C(=O)OC)(c1cc3c(cc1OC)N(C)C1[C@]34CCN3CC=C[C@](CC)(C34)[C@@H](OC(C)=O)[C@]1(O)C(=O)OC)C2. The number of aromatic nitrogens is 1. The summed E-state index contributed by atoms with van der Waals surface area (Å²) in [6.07, 6.45) is 7.67. The molecule has 1 spiro atoms. The monoisotopic (exact) mass is 778 g/mol. The number of hydrogen-bond donors (Lipinski definition) is 2. The third kappa shape index (κ3) is 4.80. The van der Waals surface area contributed by atoms with Crippen molar-refractivity contribution in [2.75, 3.05) is 59.5 Å². The summed E-state index contributed by atoms with van der Waals surface area (Å²) in [4.78, 5) is 53.1. The summed E-state index contributed by atoms with van der Waals surface area (Å²) in [6, 6.07) is 11.2. The molecule has 2 fully saturated rings. The normalized spacial score (nSPS) is 34.9. The lowest BCUT2D eigenvalue weighted by Crippen LogP contribution is -2.81. The van der Waals surface area contributed by atoms with Crippen molar-refractivity contribution in [1.29, 1.82) is 0 Å². The lowest BCUT2D eigenvalue weighted by atomic mass is 9.47. The molecule has 1 aromatic heterocycles. The molecule has 3 aromatic rings. The minimum Gasteiger partial charge on any atom is -0.496 e. The molecule has 57 heavy (non-hydrogen) atoms. The third-order valence-electron chi connectivity index (χ3n) is 14.8. The fraction of sp³-hybridized carbons (Fsp3) is 0.533. The summed E-state index contributed by atoms with van der Waals surface area (Å²) in [5.74, 6) is -1.31. The summed E-state index contributed by atoms with van der Waals surface area (Å²) in [7, 11) is 6.22. The highest BCUT2D eigenvalue weighted by molar-refractivity contribution is 5.95. The van der Waals surface area contributed by atoms with Gasteiger partial charge in [0.25, 0.3) is 0 Å². The average Bonchev–Trinajstić information content (AvgIpc) is 3.87. The lowest BCUT2D eigenvalue weighted by Gasteiger charge is -2.63. The number of hydrogen-bond acceptors (Lipinski definition) is 11. The van der Waals surface area contributed by atoms with Crippen LogP contribution in [0.1, 0.15) is 68.8 Å². The summed E-state index contributed by atoms with van der Waals surface area (Å²) in [6.45, 7) is 9.19. The molecule has 0 radical (unpaired) electrons. The average molecular weight is 779 g/mol. The number of esters is 3. The van der Waals surface area contributed by atoms with E-state index in [-0.39, 0.29) is 17.9 Å². The van der Waals surface area contributed by atoms with E-state index in [9.17, 15) is 14.7 Å². The first-order valence-corrected chi connectivity index (χ1v) is 20.3. The molecule has 6 heterocycles. The van der Waals surface area contributed by atoms with Gasteiger partial charge in [-0.15, -0.1) is 0 Å². The Morgan fingerprint density at radius 3 is 2.47 bits per heavy atom. The van der Waals surface area contributed by atoms with Crippen LogP contribution in [0.15, 0.2) is 60.2 Å². The minimum atomic E-state index is -2.27. The van der Waals surface area contributed by atoms with Crippen LogP contribution in [0.25, 0.3) is 10.9 Å². The first-order valence-electron chi connectivity index (χ1n) is 20.3. The number of rotatable bonds is 7. The van der Waals surface area contributed by atoms with Crippen LogP contribution in [0, 0.1) is 11.3 Å². The number of carbonyl (C=O) groups is 3. The highest BCUT2D eigenvalue weighted by atomic mass is 16.6. The summed E-state index contributed by atoms with van der Waals surface area (Å²) in [5, 5.41) is 14.4. The predicted molar refractivity (Wildman–Crippen MR) is 214 cm³/mol. The Kier molecular flexibility index (Phi) is 8.77. The van der Waals surface area contributed by atoms with Crippen LogP contribution in [0.5, 0.6) is 5.75 Å². The number of ether oxygens (including phenoxy) is 4. The Labute approximate surface area is 333 Å². The second-order valence-corrected chi connectivity index (χ2v) is 17.2. The van der Waals surface area contributed by atoms with Gasteiger partial charge in [-0.1, -0.05) is 55.8 Å². The highest BCUT2D eigenvalue weighted by Crippen LogP contribution is 2.68. The van der Waals surface area contributed by atoms with E-state index in [1.807, 2.05) is 37.1 Å². The van der Waals surface area contributed by atoms with Crippen molar-refractivity contribution in [1.82, 2.24) is 14.8 Å². The van der Waals surface area contributed by atoms with Gasteiger partial charge in [0.05, 0.1) is 27.4 Å². The number of benzene rings is 2. The van der Waals surface area contributed by atoms with Gasteiger partial charge in [-0.05, 0) is 61.4 Å². The Morgan fingerprint density at radius 2 is 1.77 bits per heavy atom. The summed E-state index contributed by atoms with van der Waals surface area (Å²) >= 11 is 0. The maximum absolute atomic E-state index is 15.2. The number of nitrogens with zero attached hydrogens (tertiary/aromatic N) is 3. The first-order chi connectivity index (χ1) is 27.4. The maximum atomic E-state index is 15.2. The zero-order chi connectivity index (χ0) is 40.2. The molecule has 9 atom stereocenters. The van der Waals surface area contributed by atoms with Crippen LogP contribution in [0.3, 0.4) is 0 Å². The van der Waals surface area contributed by atoms with Gasteiger partial charge in [-0.25, -0.2) is 4.79 Å². The van der Waals surface area contributed by atoms with Crippen LogP contribution >= 0.6 is 0 Å². The molecule has 0 amide bonds. The number of nitrogens with one attached hydrogen (secondary N) is 1. The second-order valence-electron chi connectivity index (χ2n) is 17.2. The molecule has 6 aliphatic rings. The van der Waals surface area contributed by atoms with E-state index in [0.29, 0.717) is 50.2 Å². The molecule has 5 aliphatic heterocycles. The van der Waals surface area contributed by atoms with Crippen molar-refractivity contribution in [3.05, 3.63) is 82.6 Å². The van der Waals surface area contributed by atoms with Gasteiger partial charge < -0.3 is 33.9 Å². The number of methoxy groups -OCH3 is 3. The molecule has 3 unspecified atom stereocenters. The Morgan fingerprint density at radius 1 is 1.00 bits per heavy atom. The molecule has 2 aromatic carbocycles. The largest absolute Gasteiger partial charge is 0.496 e. The molecule has 2 N–H and O–H groups in total. The molecule has 1 saturated heterocycles. The predicted octanol–water partition coefficient (Wildman–Crippen LogP) is 4.75. The quantitative estimate of drug-likeness (QED) is 0.196. The molecule has 1 saturated carbocycles. The Balaban J connectivity index is 1.37. The van der Waals surface area contributed by atoms with Crippen molar-refractivity contribution < 1.29 is 38.4 Å². The number of anilines is 1. The van der Waals surface area contributed by atoms with E-state index in [2.05, 4.69) is 58.1 Å². The van der Waals surface area contributed by atoms with E-state index in [1.165, 1.54) is 26.7 Å². The fourth-order valence-electron chi connectivity index (χ4n) is 12.8. The molecule has 9 rings (SSSR count). The van der Waals surface area contributed by atoms with E-state index in [4.69, 9.17) is 18.9 Å². The fourth-order valence-corrected chi connectivity index (χ4v) is 12.8. The van der Waals surface area contributed by atoms with E-state index >= 15 is 4.79 Å². The van der Waals surface area contributed by atoms with Gasteiger partial charge in [-0.3, -0.25) is 19.4 Å². The third-order valence-corrected chi connectivity index (χ3v) is 14.8. The van der Waals surface area contributed by atoms with Crippen LogP contribution in [0.2, 0.25) is 0 Å². The number of para-hydroxylation sites is 1. The zero-order valence-corrected chi connectivity index (χ0v) is 34.0. The van der Waals surface area contributed by atoms with Crippen LogP contribution in [-0.4, -0.2) is 116 Å². The topological polar surface area (TPSA) is 134 Å². The molecule has 12 heteroatoms. The van der Waals surface area contributed by atoms with Crippen molar-refractivity contribution in [2.24, 2.45) is 11.3 Å². The van der Waals surface area contributed by atoms with E-state index in [1.54, 1.807) is 7.11 Å². The van der Waals surface area contributed by atoms with Gasteiger partial charge in [0.2, 0.25) is 5.60 Å². The first kappa shape index (κ1) is 37.9. The maximum Gasteiger partial charge on any atom is 0.344 e. The van der Waals surface area contributed by atoms with Crippen molar-refractivity contribution in [3.8, 4) is 5.75 Å². The van der Waals surface area contributed by atoms with Crippen molar-refractivity contribution >= 4 is 34.5 Å². The van der Waals surface area contributed by atoms with Gasteiger partial charge >= 0.3 is 17.9 Å². The number of carbonyl (C=O) groups excluding carboxylic acids is 3. The molecule has 2 bridgehead atoms. The molecule has 302 valence electrons. The van der Waals surface area contributed by atoms with Gasteiger partial charge in [0.1, 0.15) is 11.2 Å². The van der Waals surface area contributed by atoms with Crippen molar-refractivity contribution in [2.45, 2.75) is 87.6 Å². The molecule has 1 aliphatic carbocycles. The van der Waals surface area contributed by atoms with Crippen LogP contribution in [-0.2, 0) is 46.0 Å². The second kappa shape index (κ2) is 13.2. The Hall–Kier alpha value is -4.65. The lowest BCUT2D eigenvalue weighted by molar-refractivity contribution is -0.228. The van der Waals surface area contributed by atoms with Gasteiger partial charge in [0.15, 0.2) is 6.10 Å². The smallest absolute Gasteiger partial charge is 0.344 e. The highest BCUT2D eigenvalue weighted by Gasteiger charge is 2.80. The zero-order valence-electron chi connectivity index (χ0n) is 34.0. The standard InChI is InChI=1S/C45H54N4O8/c1-8-27-19-28-22-44(40(51)55-6,36-30(25-48(23-27)24-28)29-13-10-11-14-33(29)46-36)32-20-31-34(21-35(32)54-5)47(4)38-43(31)16-18-49-17-12-15-42(9-2,37(43)49)39(57-26(3)50)45(38,53)41(52)56-7/h10-15,19-21,28,37-39,46,53H,8-9,16-18,22-25H2,1-7H3/t28?,37?,38?,39-,42-,43-,44+,45+/m1/s1. The molecular weight excluding hydrogens is 725 g/mol. The molecular formula is C45H54N4O8. The summed E-state index contributed by atoms with van der Waals surface area (Å²) < 4.78 is 23.9. The number of likely N-dealkylation sites (N-methyl/N-ethyl adjacent to an activating group) is 1. The number of fused-ring (bicyclic) bond motifs is 6. The van der Waals surface area contributed by atoms with Crippen LogP contribution in [0.4, 0.5) is 5.69 Å². The minimum absolute atomic E-state index is 0.0284.